The van der Waals surface area contributed by atoms with Gasteiger partial charge < -0.3 is 16.2 Å². The SMILES string of the molecule is Cc1ccc(Br)cc1C(=O)NCC(O)c1ccc(N)cc1. The number of aliphatic hydroxyl groups is 1. The number of benzene rings is 2. The van der Waals surface area contributed by atoms with E-state index in [2.05, 4.69) is 21.2 Å². The fraction of sp³-hybridized carbons (Fsp3) is 0.188. The normalized spacial score (nSPS) is 12.0. The van der Waals surface area contributed by atoms with Crippen LogP contribution >= 0.6 is 15.9 Å². The van der Waals surface area contributed by atoms with Crippen molar-refractivity contribution in [1.82, 2.24) is 5.32 Å². The number of nitrogens with two attached hydrogens (primary N) is 1. The Balaban J connectivity index is 2.00. The van der Waals surface area contributed by atoms with E-state index in [4.69, 9.17) is 5.73 Å². The summed E-state index contributed by atoms with van der Waals surface area (Å²) in [6, 6.07) is 12.5. The molecule has 4 N–H and O–H groups in total. The van der Waals surface area contributed by atoms with Crippen molar-refractivity contribution in [3.63, 3.8) is 0 Å². The number of nitrogens with one attached hydrogen (secondary N) is 1. The first-order valence-electron chi connectivity index (χ1n) is 6.55. The van der Waals surface area contributed by atoms with Gasteiger partial charge in [-0.1, -0.05) is 34.1 Å². The maximum Gasteiger partial charge on any atom is 0.251 e. The molecule has 1 amide bonds. The molecule has 2 aromatic rings. The van der Waals surface area contributed by atoms with Gasteiger partial charge in [-0.15, -0.1) is 0 Å². The maximum absolute atomic E-state index is 12.1. The Hall–Kier alpha value is -1.85. The molecule has 0 spiro atoms. The van der Waals surface area contributed by atoms with Crippen molar-refractivity contribution in [3.8, 4) is 0 Å². The molecule has 0 aliphatic heterocycles. The van der Waals surface area contributed by atoms with Crippen LogP contribution in [0, 0.1) is 6.92 Å². The number of anilines is 1. The number of amides is 1. The van der Waals surface area contributed by atoms with Crippen molar-refractivity contribution in [2.45, 2.75) is 13.0 Å². The lowest BCUT2D eigenvalue weighted by molar-refractivity contribution is 0.0915. The Morgan fingerprint density at radius 1 is 1.29 bits per heavy atom. The molecule has 5 heteroatoms. The first kappa shape index (κ1) is 15.5. The summed E-state index contributed by atoms with van der Waals surface area (Å²) in [6.45, 7) is 2.02. The lowest BCUT2D eigenvalue weighted by atomic mass is 10.1. The second kappa shape index (κ2) is 6.74. The highest BCUT2D eigenvalue weighted by Gasteiger charge is 2.12. The van der Waals surface area contributed by atoms with Gasteiger partial charge in [-0.3, -0.25) is 4.79 Å². The molecule has 110 valence electrons. The van der Waals surface area contributed by atoms with E-state index < -0.39 is 6.10 Å². The van der Waals surface area contributed by atoms with E-state index >= 15 is 0 Å². The van der Waals surface area contributed by atoms with Crippen LogP contribution < -0.4 is 11.1 Å². The second-order valence-electron chi connectivity index (χ2n) is 4.85. The molecule has 0 heterocycles. The average molecular weight is 349 g/mol. The molecule has 0 aliphatic carbocycles. The Labute approximate surface area is 132 Å². The minimum absolute atomic E-state index is 0.148. The van der Waals surface area contributed by atoms with Crippen LogP contribution in [0.15, 0.2) is 46.9 Å². The summed E-state index contributed by atoms with van der Waals surface area (Å²) in [6.07, 6.45) is -0.762. The van der Waals surface area contributed by atoms with Crippen molar-refractivity contribution in [3.05, 3.63) is 63.6 Å². The van der Waals surface area contributed by atoms with Crippen molar-refractivity contribution in [1.29, 1.82) is 0 Å². The van der Waals surface area contributed by atoms with Crippen molar-refractivity contribution < 1.29 is 9.90 Å². The number of rotatable bonds is 4. The lowest BCUT2D eigenvalue weighted by Gasteiger charge is -2.13. The zero-order valence-corrected chi connectivity index (χ0v) is 13.2. The van der Waals surface area contributed by atoms with E-state index in [1.165, 1.54) is 0 Å². The highest BCUT2D eigenvalue weighted by molar-refractivity contribution is 9.10. The van der Waals surface area contributed by atoms with Crippen LogP contribution in [0.5, 0.6) is 0 Å². The number of aliphatic hydroxyl groups excluding tert-OH is 1. The average Bonchev–Trinajstić information content (AvgIpc) is 2.47. The fourth-order valence-electron chi connectivity index (χ4n) is 1.96. The summed E-state index contributed by atoms with van der Waals surface area (Å²) >= 11 is 3.35. The van der Waals surface area contributed by atoms with Crippen molar-refractivity contribution >= 4 is 27.5 Å². The zero-order valence-electron chi connectivity index (χ0n) is 11.6. The van der Waals surface area contributed by atoms with Gasteiger partial charge in [0.2, 0.25) is 0 Å². The number of carbonyl (C=O) groups is 1. The molecule has 2 rings (SSSR count). The molecule has 0 radical (unpaired) electrons. The van der Waals surface area contributed by atoms with Crippen molar-refractivity contribution in [2.75, 3.05) is 12.3 Å². The fourth-order valence-corrected chi connectivity index (χ4v) is 2.32. The number of hydrogen-bond acceptors (Lipinski definition) is 3. The number of halogens is 1. The number of nitrogen functional groups attached to an aromatic ring is 1. The van der Waals surface area contributed by atoms with Gasteiger partial charge in [0.05, 0.1) is 6.10 Å². The summed E-state index contributed by atoms with van der Waals surface area (Å²) in [7, 11) is 0. The van der Waals surface area contributed by atoms with Gasteiger partial charge in [0, 0.05) is 22.3 Å². The second-order valence-corrected chi connectivity index (χ2v) is 5.77. The van der Waals surface area contributed by atoms with E-state index in [-0.39, 0.29) is 12.5 Å². The molecular weight excluding hydrogens is 332 g/mol. The number of aryl methyl sites for hydroxylation is 1. The van der Waals surface area contributed by atoms with E-state index in [0.717, 1.165) is 15.6 Å². The predicted octanol–water partition coefficient (Wildman–Crippen LogP) is 2.80. The van der Waals surface area contributed by atoms with Crippen LogP contribution in [0.2, 0.25) is 0 Å². The number of hydrogen-bond donors (Lipinski definition) is 3. The van der Waals surface area contributed by atoms with Crippen LogP contribution in [0.4, 0.5) is 5.69 Å². The molecule has 2 aromatic carbocycles. The largest absolute Gasteiger partial charge is 0.399 e. The minimum Gasteiger partial charge on any atom is -0.399 e. The molecular formula is C16H17BrN2O2. The third-order valence-electron chi connectivity index (χ3n) is 3.22. The van der Waals surface area contributed by atoms with E-state index in [0.29, 0.717) is 11.3 Å². The van der Waals surface area contributed by atoms with Gasteiger partial charge in [0.25, 0.3) is 5.91 Å². The molecule has 0 aromatic heterocycles. The summed E-state index contributed by atoms with van der Waals surface area (Å²) in [5, 5.41) is 12.8. The van der Waals surface area contributed by atoms with E-state index in [1.807, 2.05) is 19.1 Å². The maximum atomic E-state index is 12.1. The van der Waals surface area contributed by atoms with Gasteiger partial charge in [-0.2, -0.15) is 0 Å². The molecule has 0 saturated heterocycles. The molecule has 1 atom stereocenters. The Bertz CT molecular complexity index is 641. The molecule has 0 aliphatic rings. The predicted molar refractivity (Wildman–Crippen MR) is 87.0 cm³/mol. The standard InChI is InChI=1S/C16H17BrN2O2/c1-10-2-5-12(17)8-14(10)16(21)19-9-15(20)11-3-6-13(18)7-4-11/h2-8,15,20H,9,18H2,1H3,(H,19,21). The summed E-state index contributed by atoms with van der Waals surface area (Å²) in [5.41, 5.74) is 8.43. The van der Waals surface area contributed by atoms with E-state index in [9.17, 15) is 9.90 Å². The van der Waals surface area contributed by atoms with Gasteiger partial charge in [-0.25, -0.2) is 0 Å². The molecule has 4 nitrogen and oxygen atoms in total. The Morgan fingerprint density at radius 2 is 1.95 bits per heavy atom. The smallest absolute Gasteiger partial charge is 0.251 e. The van der Waals surface area contributed by atoms with E-state index in [1.54, 1.807) is 30.3 Å². The quantitative estimate of drug-likeness (QED) is 0.743. The highest BCUT2D eigenvalue weighted by Crippen LogP contribution is 2.17. The van der Waals surface area contributed by atoms with Crippen molar-refractivity contribution in [2.24, 2.45) is 0 Å². The first-order chi connectivity index (χ1) is 9.97. The summed E-state index contributed by atoms with van der Waals surface area (Å²) < 4.78 is 0.845. The molecule has 21 heavy (non-hydrogen) atoms. The first-order valence-corrected chi connectivity index (χ1v) is 7.34. The molecule has 0 bridgehead atoms. The highest BCUT2D eigenvalue weighted by atomic mass is 79.9. The van der Waals surface area contributed by atoms with Gasteiger partial charge >= 0.3 is 0 Å². The lowest BCUT2D eigenvalue weighted by Crippen LogP contribution is -2.28. The van der Waals surface area contributed by atoms with Crippen LogP contribution in [0.1, 0.15) is 27.6 Å². The Kier molecular flexibility index (Phi) is 4.98. The van der Waals surface area contributed by atoms with Crippen LogP contribution in [-0.4, -0.2) is 17.6 Å². The van der Waals surface area contributed by atoms with Gasteiger partial charge in [-0.05, 0) is 42.3 Å². The van der Waals surface area contributed by atoms with Gasteiger partial charge in [0.1, 0.15) is 0 Å². The number of carbonyl (C=O) groups excluding carboxylic acids is 1. The molecule has 0 saturated carbocycles. The minimum atomic E-state index is -0.762. The third-order valence-corrected chi connectivity index (χ3v) is 3.71. The zero-order chi connectivity index (χ0) is 15.4. The van der Waals surface area contributed by atoms with Gasteiger partial charge in [0.15, 0.2) is 0 Å². The summed E-state index contributed by atoms with van der Waals surface area (Å²) in [5.74, 6) is -0.205. The Morgan fingerprint density at radius 3 is 2.62 bits per heavy atom. The molecule has 1 unspecified atom stereocenters. The van der Waals surface area contributed by atoms with Crippen LogP contribution in [0.25, 0.3) is 0 Å². The summed E-state index contributed by atoms with van der Waals surface area (Å²) in [4.78, 5) is 12.1. The molecule has 0 fully saturated rings. The third kappa shape index (κ3) is 4.06. The van der Waals surface area contributed by atoms with Crippen LogP contribution in [0.3, 0.4) is 0 Å². The monoisotopic (exact) mass is 348 g/mol. The van der Waals surface area contributed by atoms with Crippen LogP contribution in [-0.2, 0) is 0 Å². The topological polar surface area (TPSA) is 75.3 Å².